The Hall–Kier alpha value is -1.59. The molecule has 6 heteroatoms. The van der Waals surface area contributed by atoms with Crippen molar-refractivity contribution in [2.45, 2.75) is 45.7 Å². The highest BCUT2D eigenvalue weighted by Gasteiger charge is 2.31. The van der Waals surface area contributed by atoms with Crippen molar-refractivity contribution in [2.75, 3.05) is 13.1 Å². The van der Waals surface area contributed by atoms with E-state index in [0.29, 0.717) is 18.8 Å². The lowest BCUT2D eigenvalue weighted by molar-refractivity contribution is -0.137. The van der Waals surface area contributed by atoms with Crippen LogP contribution in [0.25, 0.3) is 0 Å². The topological polar surface area (TPSA) is 33.2 Å². The van der Waals surface area contributed by atoms with E-state index in [9.17, 15) is 18.0 Å². The van der Waals surface area contributed by atoms with Crippen LogP contribution in [0.1, 0.15) is 50.8 Å². The van der Waals surface area contributed by atoms with E-state index in [1.807, 2.05) is 13.8 Å². The maximum Gasteiger partial charge on any atom is 0.417 e. The molecule has 0 aromatic carbocycles. The number of carbonyl (C=O) groups excluding carboxylic acids is 1. The summed E-state index contributed by atoms with van der Waals surface area (Å²) >= 11 is 0. The van der Waals surface area contributed by atoms with E-state index >= 15 is 0 Å². The van der Waals surface area contributed by atoms with Gasteiger partial charge >= 0.3 is 6.18 Å². The molecule has 1 amide bonds. The molecule has 0 spiro atoms. The molecule has 3 nitrogen and oxygen atoms in total. The normalized spacial score (nSPS) is 18.8. The number of carbonyl (C=O) groups is 1. The number of rotatable bonds is 1. The maximum atomic E-state index is 12.4. The Morgan fingerprint density at radius 2 is 2.00 bits per heavy atom. The minimum Gasteiger partial charge on any atom is -0.342 e. The Bertz CT molecular complexity index is 457. The van der Waals surface area contributed by atoms with Crippen molar-refractivity contribution in [3.8, 4) is 0 Å². The summed E-state index contributed by atoms with van der Waals surface area (Å²) in [4.78, 5) is 16.9. The molecule has 0 saturated carbocycles. The second-order valence-electron chi connectivity index (χ2n) is 4.77. The van der Waals surface area contributed by atoms with E-state index in [1.165, 1.54) is 13.0 Å². The third kappa shape index (κ3) is 4.72. The van der Waals surface area contributed by atoms with Gasteiger partial charge in [-0.05, 0) is 25.0 Å². The molecular formula is C15H21F3N2O. The van der Waals surface area contributed by atoms with Crippen molar-refractivity contribution in [3.05, 3.63) is 29.6 Å². The molecule has 2 rings (SSSR count). The van der Waals surface area contributed by atoms with Gasteiger partial charge in [-0.15, -0.1) is 0 Å². The molecule has 0 aliphatic carbocycles. The first-order valence-electron chi connectivity index (χ1n) is 7.16. The van der Waals surface area contributed by atoms with Crippen molar-refractivity contribution in [1.29, 1.82) is 0 Å². The molecule has 118 valence electrons. The molecule has 1 atom stereocenters. The summed E-state index contributed by atoms with van der Waals surface area (Å²) in [5.41, 5.74) is -0.116. The summed E-state index contributed by atoms with van der Waals surface area (Å²) in [6, 6.07) is 2.46. The van der Waals surface area contributed by atoms with Gasteiger partial charge in [-0.3, -0.25) is 9.78 Å². The summed E-state index contributed by atoms with van der Waals surface area (Å²) in [6.45, 7) is 6.75. The summed E-state index contributed by atoms with van der Waals surface area (Å²) in [7, 11) is 0. The van der Waals surface area contributed by atoms with Gasteiger partial charge in [0.05, 0.1) is 5.56 Å². The van der Waals surface area contributed by atoms with Crippen molar-refractivity contribution >= 4 is 5.91 Å². The van der Waals surface area contributed by atoms with Gasteiger partial charge in [-0.2, -0.15) is 13.2 Å². The van der Waals surface area contributed by atoms with Crippen LogP contribution < -0.4 is 0 Å². The van der Waals surface area contributed by atoms with Crippen LogP contribution in [0.3, 0.4) is 0 Å². The quantitative estimate of drug-likeness (QED) is 0.789. The van der Waals surface area contributed by atoms with Crippen LogP contribution in [0.4, 0.5) is 13.2 Å². The predicted octanol–water partition coefficient (Wildman–Crippen LogP) is 3.85. The molecule has 1 saturated heterocycles. The number of halogens is 3. The number of likely N-dealkylation sites (tertiary alicyclic amines) is 1. The number of amides is 1. The number of pyridine rings is 1. The Morgan fingerprint density at radius 1 is 1.33 bits per heavy atom. The van der Waals surface area contributed by atoms with Gasteiger partial charge in [-0.1, -0.05) is 13.8 Å². The fraction of sp³-hybridized carbons (Fsp3) is 0.600. The molecule has 0 radical (unpaired) electrons. The van der Waals surface area contributed by atoms with Crippen molar-refractivity contribution < 1.29 is 18.0 Å². The first kappa shape index (κ1) is 17.5. The molecule has 2 heterocycles. The highest BCUT2D eigenvalue weighted by atomic mass is 19.4. The zero-order valence-corrected chi connectivity index (χ0v) is 12.6. The lowest BCUT2D eigenvalue weighted by atomic mass is 9.94. The molecule has 1 fully saturated rings. The van der Waals surface area contributed by atoms with Gasteiger partial charge in [-0.25, -0.2) is 0 Å². The van der Waals surface area contributed by atoms with Gasteiger partial charge < -0.3 is 4.90 Å². The smallest absolute Gasteiger partial charge is 0.342 e. The first-order valence-corrected chi connectivity index (χ1v) is 7.16. The van der Waals surface area contributed by atoms with E-state index < -0.39 is 11.7 Å². The molecule has 1 aliphatic rings. The average molecular weight is 302 g/mol. The van der Waals surface area contributed by atoms with Gasteiger partial charge in [0.15, 0.2) is 0 Å². The maximum absolute atomic E-state index is 12.4. The summed E-state index contributed by atoms with van der Waals surface area (Å²) in [6.07, 6.45) is -1.79. The number of hydrogen-bond acceptors (Lipinski definition) is 2. The number of hydrogen-bond donors (Lipinski definition) is 0. The third-order valence-electron chi connectivity index (χ3n) is 3.40. The highest BCUT2D eigenvalue weighted by molar-refractivity contribution is 5.73. The molecular weight excluding hydrogens is 281 g/mol. The lowest BCUT2D eigenvalue weighted by Gasteiger charge is -2.31. The minimum atomic E-state index is -4.36. The van der Waals surface area contributed by atoms with E-state index in [0.717, 1.165) is 25.1 Å². The van der Waals surface area contributed by atoms with Crippen molar-refractivity contribution in [1.82, 2.24) is 9.88 Å². The highest BCUT2D eigenvalue weighted by Crippen LogP contribution is 2.31. The Labute approximate surface area is 123 Å². The summed E-state index contributed by atoms with van der Waals surface area (Å²) < 4.78 is 37.3. The van der Waals surface area contributed by atoms with E-state index in [-0.39, 0.29) is 11.8 Å². The van der Waals surface area contributed by atoms with Crippen LogP contribution in [0, 0.1) is 0 Å². The number of nitrogens with zero attached hydrogens (tertiary/aromatic N) is 2. The molecule has 1 aliphatic heterocycles. The number of piperidine rings is 1. The van der Waals surface area contributed by atoms with Crippen LogP contribution in [-0.4, -0.2) is 28.9 Å². The average Bonchev–Trinajstić information content (AvgIpc) is 2.49. The zero-order chi connectivity index (χ0) is 16.0. The number of alkyl halides is 3. The van der Waals surface area contributed by atoms with Gasteiger partial charge in [0, 0.05) is 37.8 Å². The zero-order valence-electron chi connectivity index (χ0n) is 12.6. The van der Waals surface area contributed by atoms with Crippen molar-refractivity contribution in [3.63, 3.8) is 0 Å². The Morgan fingerprint density at radius 3 is 2.48 bits per heavy atom. The van der Waals surface area contributed by atoms with Crippen LogP contribution >= 0.6 is 0 Å². The third-order valence-corrected chi connectivity index (χ3v) is 3.40. The molecule has 1 aromatic heterocycles. The fourth-order valence-corrected chi connectivity index (χ4v) is 2.32. The Kier molecular flexibility index (Phi) is 6.18. The molecule has 1 unspecified atom stereocenters. The number of aromatic nitrogens is 1. The summed E-state index contributed by atoms with van der Waals surface area (Å²) in [5.74, 6) is 0.0246. The fourth-order valence-electron chi connectivity index (χ4n) is 2.32. The van der Waals surface area contributed by atoms with Gasteiger partial charge in [0.25, 0.3) is 0 Å². The van der Waals surface area contributed by atoms with Crippen LogP contribution in [-0.2, 0) is 11.0 Å². The molecule has 0 bridgehead atoms. The van der Waals surface area contributed by atoms with Crippen molar-refractivity contribution in [2.24, 2.45) is 0 Å². The predicted molar refractivity (Wildman–Crippen MR) is 74.8 cm³/mol. The van der Waals surface area contributed by atoms with E-state index in [4.69, 9.17) is 0 Å². The Balaban J connectivity index is 0.00000106. The van der Waals surface area contributed by atoms with Crippen LogP contribution in [0.15, 0.2) is 18.3 Å². The van der Waals surface area contributed by atoms with Gasteiger partial charge in [0.2, 0.25) is 5.91 Å². The standard InChI is InChI=1S/C13H15F3N2O.C2H6/c1-9(19)18-6-2-3-10(8-18)12-5-4-11(7-17-12)13(14,15)16;1-2/h4-5,7,10H,2-3,6,8H2,1H3;1-2H3. The minimum absolute atomic E-state index is 0.00314. The van der Waals surface area contributed by atoms with Gasteiger partial charge in [0.1, 0.15) is 0 Å². The second-order valence-corrected chi connectivity index (χ2v) is 4.77. The monoisotopic (exact) mass is 302 g/mol. The molecule has 21 heavy (non-hydrogen) atoms. The van der Waals surface area contributed by atoms with E-state index in [2.05, 4.69) is 4.98 Å². The van der Waals surface area contributed by atoms with Crippen LogP contribution in [0.2, 0.25) is 0 Å². The molecule has 1 aromatic rings. The SMILES string of the molecule is CC.CC(=O)N1CCCC(c2ccc(C(F)(F)F)cn2)C1. The van der Waals surface area contributed by atoms with E-state index in [1.54, 1.807) is 4.90 Å². The lowest BCUT2D eigenvalue weighted by Crippen LogP contribution is -2.37. The second kappa shape index (κ2) is 7.43. The summed E-state index contributed by atoms with van der Waals surface area (Å²) in [5, 5.41) is 0. The first-order chi connectivity index (χ1) is 9.88. The van der Waals surface area contributed by atoms with Crippen LogP contribution in [0.5, 0.6) is 0 Å². The largest absolute Gasteiger partial charge is 0.417 e. The molecule has 0 N–H and O–H groups in total.